The standard InChI is InChI=1S/C15H21Br2NO/c1-15(2)6-4-5-10(9-15)18-13-8-14(19-3)12(17)7-11(13)16/h7-8,10,18H,4-6,9H2,1-3H3. The number of nitrogens with one attached hydrogen (secondary N) is 1. The van der Waals surface area contributed by atoms with Crippen LogP contribution in [0.25, 0.3) is 0 Å². The van der Waals surface area contributed by atoms with Gasteiger partial charge in [0.2, 0.25) is 0 Å². The molecule has 1 aliphatic rings. The van der Waals surface area contributed by atoms with Gasteiger partial charge in [-0.3, -0.25) is 0 Å². The van der Waals surface area contributed by atoms with Gasteiger partial charge in [0, 0.05) is 16.6 Å². The van der Waals surface area contributed by atoms with Crippen LogP contribution in [0.4, 0.5) is 5.69 Å². The third-order valence-corrected chi connectivity index (χ3v) is 5.08. The Morgan fingerprint density at radius 2 is 2.00 bits per heavy atom. The van der Waals surface area contributed by atoms with Crippen molar-refractivity contribution in [3.63, 3.8) is 0 Å². The molecular weight excluding hydrogens is 370 g/mol. The van der Waals surface area contributed by atoms with Crippen molar-refractivity contribution in [2.24, 2.45) is 5.41 Å². The molecule has 1 fully saturated rings. The van der Waals surface area contributed by atoms with Gasteiger partial charge in [-0.1, -0.05) is 20.3 Å². The van der Waals surface area contributed by atoms with Crippen molar-refractivity contribution in [2.75, 3.05) is 12.4 Å². The summed E-state index contributed by atoms with van der Waals surface area (Å²) in [5, 5.41) is 3.66. The van der Waals surface area contributed by atoms with Gasteiger partial charge in [0.1, 0.15) is 5.75 Å². The van der Waals surface area contributed by atoms with E-state index in [2.05, 4.69) is 57.1 Å². The predicted octanol–water partition coefficient (Wildman–Crippen LogP) is 5.60. The molecule has 0 radical (unpaired) electrons. The van der Waals surface area contributed by atoms with E-state index in [0.717, 1.165) is 20.4 Å². The second-order valence-electron chi connectivity index (χ2n) is 6.07. The van der Waals surface area contributed by atoms with E-state index in [4.69, 9.17) is 4.74 Å². The summed E-state index contributed by atoms with van der Waals surface area (Å²) in [7, 11) is 1.70. The topological polar surface area (TPSA) is 21.3 Å². The van der Waals surface area contributed by atoms with Crippen LogP contribution in [0.5, 0.6) is 5.75 Å². The minimum absolute atomic E-state index is 0.446. The molecule has 1 aromatic carbocycles. The molecule has 0 bridgehead atoms. The molecule has 0 aromatic heterocycles. The average Bonchev–Trinajstić information content (AvgIpc) is 2.31. The number of anilines is 1. The van der Waals surface area contributed by atoms with Crippen molar-refractivity contribution < 1.29 is 4.74 Å². The fraction of sp³-hybridized carbons (Fsp3) is 0.600. The second kappa shape index (κ2) is 6.04. The largest absolute Gasteiger partial charge is 0.495 e. The lowest BCUT2D eigenvalue weighted by Gasteiger charge is -2.36. The molecular formula is C15H21Br2NO. The SMILES string of the molecule is COc1cc(NC2CCCC(C)(C)C2)c(Br)cc1Br. The molecule has 0 amide bonds. The zero-order valence-corrected chi connectivity index (χ0v) is 14.9. The summed E-state index contributed by atoms with van der Waals surface area (Å²) in [6.45, 7) is 4.72. The molecule has 4 heteroatoms. The van der Waals surface area contributed by atoms with Crippen LogP contribution in [0, 0.1) is 5.41 Å². The first-order chi connectivity index (χ1) is 8.91. The molecule has 0 heterocycles. The summed E-state index contributed by atoms with van der Waals surface area (Å²) < 4.78 is 7.40. The van der Waals surface area contributed by atoms with Crippen molar-refractivity contribution in [2.45, 2.75) is 45.6 Å². The summed E-state index contributed by atoms with van der Waals surface area (Å²) in [6.07, 6.45) is 5.10. The second-order valence-corrected chi connectivity index (χ2v) is 7.78. The quantitative estimate of drug-likeness (QED) is 0.724. The van der Waals surface area contributed by atoms with Crippen LogP contribution >= 0.6 is 31.9 Å². The van der Waals surface area contributed by atoms with Crippen LogP contribution in [0.15, 0.2) is 21.1 Å². The van der Waals surface area contributed by atoms with E-state index in [1.165, 1.54) is 25.7 Å². The first-order valence-corrected chi connectivity index (χ1v) is 8.29. The van der Waals surface area contributed by atoms with Crippen LogP contribution in [0.1, 0.15) is 39.5 Å². The first-order valence-electron chi connectivity index (χ1n) is 6.71. The van der Waals surface area contributed by atoms with Gasteiger partial charge >= 0.3 is 0 Å². The third-order valence-electron chi connectivity index (χ3n) is 3.81. The Balaban J connectivity index is 2.14. The maximum Gasteiger partial charge on any atom is 0.135 e. The Morgan fingerprint density at radius 1 is 1.26 bits per heavy atom. The lowest BCUT2D eigenvalue weighted by Crippen LogP contribution is -2.31. The maximum atomic E-state index is 5.36. The predicted molar refractivity (Wildman–Crippen MR) is 88.1 cm³/mol. The molecule has 1 unspecified atom stereocenters. The molecule has 1 saturated carbocycles. The molecule has 19 heavy (non-hydrogen) atoms. The van der Waals surface area contributed by atoms with E-state index in [9.17, 15) is 0 Å². The highest BCUT2D eigenvalue weighted by Gasteiger charge is 2.28. The number of halogens is 2. The van der Waals surface area contributed by atoms with Crippen molar-refractivity contribution in [1.82, 2.24) is 0 Å². The van der Waals surface area contributed by atoms with Gasteiger partial charge in [-0.2, -0.15) is 0 Å². The first kappa shape index (κ1) is 15.2. The fourth-order valence-electron chi connectivity index (χ4n) is 2.84. The molecule has 0 saturated heterocycles. The van der Waals surface area contributed by atoms with Gasteiger partial charge < -0.3 is 10.1 Å². The Kier molecular flexibility index (Phi) is 4.83. The van der Waals surface area contributed by atoms with E-state index in [1.807, 2.05) is 6.07 Å². The van der Waals surface area contributed by atoms with Gasteiger partial charge in [0.25, 0.3) is 0 Å². The number of benzene rings is 1. The van der Waals surface area contributed by atoms with Gasteiger partial charge in [0.05, 0.1) is 17.3 Å². The highest BCUT2D eigenvalue weighted by molar-refractivity contribution is 9.11. The van der Waals surface area contributed by atoms with E-state index in [-0.39, 0.29) is 0 Å². The van der Waals surface area contributed by atoms with E-state index >= 15 is 0 Å². The Bertz CT molecular complexity index is 460. The van der Waals surface area contributed by atoms with Crippen LogP contribution in [-0.2, 0) is 0 Å². The smallest absolute Gasteiger partial charge is 0.135 e. The molecule has 0 spiro atoms. The summed E-state index contributed by atoms with van der Waals surface area (Å²) in [4.78, 5) is 0. The van der Waals surface area contributed by atoms with Gasteiger partial charge in [-0.25, -0.2) is 0 Å². The summed E-state index contributed by atoms with van der Waals surface area (Å²) >= 11 is 7.12. The lowest BCUT2D eigenvalue weighted by atomic mass is 9.75. The minimum Gasteiger partial charge on any atom is -0.495 e. The van der Waals surface area contributed by atoms with Gasteiger partial charge in [-0.15, -0.1) is 0 Å². The van der Waals surface area contributed by atoms with Gasteiger partial charge in [-0.05, 0) is 62.6 Å². The van der Waals surface area contributed by atoms with Crippen molar-refractivity contribution in [3.8, 4) is 5.75 Å². The fourth-order valence-corrected chi connectivity index (χ4v) is 4.11. The number of methoxy groups -OCH3 is 1. The zero-order valence-electron chi connectivity index (χ0n) is 11.7. The highest BCUT2D eigenvalue weighted by Crippen LogP contribution is 2.39. The molecule has 0 aliphatic heterocycles. The van der Waals surface area contributed by atoms with Gasteiger partial charge in [0.15, 0.2) is 0 Å². The van der Waals surface area contributed by atoms with Crippen LogP contribution in [-0.4, -0.2) is 13.2 Å². The number of hydrogen-bond donors (Lipinski definition) is 1. The molecule has 1 aliphatic carbocycles. The van der Waals surface area contributed by atoms with Crippen molar-refractivity contribution >= 4 is 37.5 Å². The molecule has 106 valence electrons. The van der Waals surface area contributed by atoms with Crippen LogP contribution < -0.4 is 10.1 Å². The highest BCUT2D eigenvalue weighted by atomic mass is 79.9. The Morgan fingerprint density at radius 3 is 2.63 bits per heavy atom. The zero-order chi connectivity index (χ0) is 14.0. The third kappa shape index (κ3) is 3.88. The number of hydrogen-bond acceptors (Lipinski definition) is 2. The Hall–Kier alpha value is -0.220. The van der Waals surface area contributed by atoms with Crippen molar-refractivity contribution in [3.05, 3.63) is 21.1 Å². The normalized spacial score (nSPS) is 22.1. The molecule has 1 N–H and O–H groups in total. The van der Waals surface area contributed by atoms with E-state index < -0.39 is 0 Å². The summed E-state index contributed by atoms with van der Waals surface area (Å²) in [5.74, 6) is 0.862. The summed E-state index contributed by atoms with van der Waals surface area (Å²) in [6, 6.07) is 4.64. The lowest BCUT2D eigenvalue weighted by molar-refractivity contribution is 0.229. The minimum atomic E-state index is 0.446. The van der Waals surface area contributed by atoms with Crippen molar-refractivity contribution in [1.29, 1.82) is 0 Å². The average molecular weight is 391 g/mol. The molecule has 1 aromatic rings. The maximum absolute atomic E-state index is 5.36. The molecule has 1 atom stereocenters. The van der Waals surface area contributed by atoms with E-state index in [1.54, 1.807) is 7.11 Å². The molecule has 2 rings (SSSR count). The molecule has 2 nitrogen and oxygen atoms in total. The van der Waals surface area contributed by atoms with Crippen LogP contribution in [0.2, 0.25) is 0 Å². The Labute approximate surface area is 132 Å². The summed E-state index contributed by atoms with van der Waals surface area (Å²) in [5.41, 5.74) is 1.56. The number of ether oxygens (including phenoxy) is 1. The monoisotopic (exact) mass is 389 g/mol. The number of rotatable bonds is 3. The van der Waals surface area contributed by atoms with E-state index in [0.29, 0.717) is 11.5 Å². The van der Waals surface area contributed by atoms with Crippen LogP contribution in [0.3, 0.4) is 0 Å².